The number of hydrogen-bond donors (Lipinski definition) is 0. The maximum Gasteiger partial charge on any atom is 2.00 e. The molecule has 1 aliphatic carbocycles. The van der Waals surface area contributed by atoms with E-state index >= 15 is 0 Å². The second-order valence-corrected chi connectivity index (χ2v) is 6.05. The molecule has 0 saturated heterocycles. The smallest absolute Gasteiger partial charge is 0.872 e. The van der Waals surface area contributed by atoms with Crippen molar-refractivity contribution in [2.45, 2.75) is 37.8 Å². The third-order valence-electron chi connectivity index (χ3n) is 4.34. The molecule has 0 bridgehead atoms. The topological polar surface area (TPSA) is 70.8 Å². The van der Waals surface area contributed by atoms with Gasteiger partial charge in [0.2, 0.25) is 0 Å². The third-order valence-corrected chi connectivity index (χ3v) is 4.34. The van der Waals surface area contributed by atoms with Crippen LogP contribution in [0.25, 0.3) is 0 Å². The molecule has 1 aliphatic rings. The van der Waals surface area contributed by atoms with E-state index in [4.69, 9.17) is 0 Å². The second-order valence-electron chi connectivity index (χ2n) is 6.05. The summed E-state index contributed by atoms with van der Waals surface area (Å²) in [6.07, 6.45) is 7.48. The first-order valence-corrected chi connectivity index (χ1v) is 8.32. The van der Waals surface area contributed by atoms with Crippen molar-refractivity contribution in [3.05, 3.63) is 59.7 Å². The van der Waals surface area contributed by atoms with Crippen LogP contribution in [0.2, 0.25) is 0 Å². The molecule has 5 heteroatoms. The summed E-state index contributed by atoms with van der Waals surface area (Å²) in [4.78, 5) is 9.23. The average Bonchev–Trinajstić information content (AvgIpc) is 2.61. The molecule has 0 heterocycles. The first-order chi connectivity index (χ1) is 11.7. The number of rotatable bonds is 4. The Morgan fingerprint density at radius 1 is 0.720 bits per heavy atom. The van der Waals surface area contributed by atoms with E-state index < -0.39 is 0 Å². The van der Waals surface area contributed by atoms with E-state index in [0.29, 0.717) is 11.1 Å². The molecule has 0 N–H and O–H groups in total. The average molecular weight is 376 g/mol. The van der Waals surface area contributed by atoms with Gasteiger partial charge in [-0.1, -0.05) is 61.4 Å². The van der Waals surface area contributed by atoms with Crippen molar-refractivity contribution in [3.8, 4) is 11.5 Å². The molecule has 1 fully saturated rings. The molecule has 0 radical (unpaired) electrons. The van der Waals surface area contributed by atoms with Crippen molar-refractivity contribution < 1.29 is 27.3 Å². The Bertz CT molecular complexity index is 682. The fourth-order valence-electron chi connectivity index (χ4n) is 2.97. The Kier molecular flexibility index (Phi) is 7.23. The number of benzene rings is 2. The van der Waals surface area contributed by atoms with E-state index in [1.54, 1.807) is 48.8 Å². The van der Waals surface area contributed by atoms with Crippen LogP contribution in [0.4, 0.5) is 0 Å². The van der Waals surface area contributed by atoms with E-state index in [-0.39, 0.29) is 40.7 Å². The summed E-state index contributed by atoms with van der Waals surface area (Å²) in [5, 5.41) is 23.5. The quantitative estimate of drug-likeness (QED) is 0.608. The largest absolute Gasteiger partial charge is 2.00 e. The predicted octanol–water partition coefficient (Wildman–Crippen LogP) is 2.68. The summed E-state index contributed by atoms with van der Waals surface area (Å²) in [6.45, 7) is 0. The molecule has 0 aromatic heterocycles. The van der Waals surface area contributed by atoms with Gasteiger partial charge in [-0.2, -0.15) is 0 Å². The summed E-state index contributed by atoms with van der Waals surface area (Å²) >= 11 is 0. The van der Waals surface area contributed by atoms with Crippen LogP contribution in [0.1, 0.15) is 36.8 Å². The maximum atomic E-state index is 11.8. The van der Waals surface area contributed by atoms with Crippen LogP contribution in [0.5, 0.6) is 11.5 Å². The summed E-state index contributed by atoms with van der Waals surface area (Å²) < 4.78 is 0. The summed E-state index contributed by atoms with van der Waals surface area (Å²) in [7, 11) is 0. The minimum atomic E-state index is -0.0163. The predicted molar refractivity (Wildman–Crippen MR) is 93.0 cm³/mol. The van der Waals surface area contributed by atoms with Crippen molar-refractivity contribution in [1.82, 2.24) is 0 Å². The van der Waals surface area contributed by atoms with Crippen LogP contribution in [-0.2, 0) is 17.1 Å². The van der Waals surface area contributed by atoms with E-state index in [1.165, 1.54) is 0 Å². The molecule has 2 atom stereocenters. The standard InChI is InChI=1S/C20H22N2O2.Fe/c23-19-11-5-1-7-15(19)13-21-17-9-3-4-10-18(17)22-14-16-8-2-6-12-20(16)24;/h1-2,5-8,11-14,17-18,23-24H,3-4,9-10H2;/q;+2/p-2. The molecular formula is C20H20FeN2O2. The minimum Gasteiger partial charge on any atom is -0.872 e. The molecule has 25 heavy (non-hydrogen) atoms. The first kappa shape index (κ1) is 19.2. The maximum absolute atomic E-state index is 11.8. The summed E-state index contributed by atoms with van der Waals surface area (Å²) in [5.74, 6) is -0.0326. The van der Waals surface area contributed by atoms with Crippen LogP contribution in [0.3, 0.4) is 0 Å². The number of para-hydroxylation sites is 2. The number of aliphatic imine (C=N–C) groups is 2. The molecule has 1 saturated carbocycles. The molecule has 0 aliphatic heterocycles. The van der Waals surface area contributed by atoms with Gasteiger partial charge in [0.25, 0.3) is 0 Å². The van der Waals surface area contributed by atoms with Gasteiger partial charge in [0.1, 0.15) is 0 Å². The Labute approximate surface area is 158 Å². The van der Waals surface area contributed by atoms with Gasteiger partial charge in [0.05, 0.1) is 12.1 Å². The number of hydrogen-bond acceptors (Lipinski definition) is 4. The van der Waals surface area contributed by atoms with Crippen molar-refractivity contribution >= 4 is 12.4 Å². The number of nitrogens with zero attached hydrogens (tertiary/aromatic N) is 2. The van der Waals surface area contributed by atoms with Gasteiger partial charge in [-0.05, 0) is 24.0 Å². The molecule has 0 spiro atoms. The molecule has 0 amide bonds. The molecular weight excluding hydrogens is 356 g/mol. The Hall–Kier alpha value is -2.10. The van der Waals surface area contributed by atoms with Crippen molar-refractivity contribution in [3.63, 3.8) is 0 Å². The Morgan fingerprint density at radius 3 is 1.52 bits per heavy atom. The fraction of sp³-hybridized carbons (Fsp3) is 0.300. The zero-order valence-corrected chi connectivity index (χ0v) is 14.9. The summed E-state index contributed by atoms with van der Waals surface area (Å²) in [5.41, 5.74) is 1.21. The molecule has 3 rings (SSSR count). The molecule has 2 aromatic carbocycles. The molecule has 4 nitrogen and oxygen atoms in total. The zero-order chi connectivity index (χ0) is 16.8. The van der Waals surface area contributed by atoms with Gasteiger partial charge in [-0.3, -0.25) is 9.98 Å². The van der Waals surface area contributed by atoms with E-state index in [0.717, 1.165) is 25.7 Å². The van der Waals surface area contributed by atoms with Crippen LogP contribution in [-0.4, -0.2) is 24.5 Å². The van der Waals surface area contributed by atoms with Gasteiger partial charge in [-0.25, -0.2) is 0 Å². The van der Waals surface area contributed by atoms with Crippen molar-refractivity contribution in [1.29, 1.82) is 0 Å². The van der Waals surface area contributed by atoms with Crippen LogP contribution in [0.15, 0.2) is 58.5 Å². The molecule has 2 unspecified atom stereocenters. The third kappa shape index (κ3) is 5.18. The van der Waals surface area contributed by atoms with Crippen molar-refractivity contribution in [2.75, 3.05) is 0 Å². The van der Waals surface area contributed by atoms with Crippen LogP contribution < -0.4 is 10.2 Å². The fourth-order valence-corrected chi connectivity index (χ4v) is 2.97. The van der Waals surface area contributed by atoms with E-state index in [1.807, 2.05) is 12.1 Å². The minimum absolute atomic E-state index is 0. The normalized spacial score (nSPS) is 20.6. The molecule has 2 aromatic rings. The van der Waals surface area contributed by atoms with Gasteiger partial charge in [0.15, 0.2) is 0 Å². The Morgan fingerprint density at radius 2 is 1.12 bits per heavy atom. The molecule has 130 valence electrons. The zero-order valence-electron chi connectivity index (χ0n) is 13.8. The van der Waals surface area contributed by atoms with Gasteiger partial charge in [-0.15, -0.1) is 11.5 Å². The van der Waals surface area contributed by atoms with Gasteiger partial charge < -0.3 is 10.2 Å². The first-order valence-electron chi connectivity index (χ1n) is 8.32. The van der Waals surface area contributed by atoms with E-state index in [2.05, 4.69) is 9.98 Å². The van der Waals surface area contributed by atoms with Crippen LogP contribution >= 0.6 is 0 Å². The Balaban J connectivity index is 0.00000225. The van der Waals surface area contributed by atoms with Gasteiger partial charge in [0, 0.05) is 12.4 Å². The SMILES string of the molecule is [Fe+2].[O-]c1ccccc1C=NC1CCCCC1N=Cc1ccccc1[O-]. The second kappa shape index (κ2) is 9.40. The summed E-state index contributed by atoms with van der Waals surface area (Å²) in [6, 6.07) is 13.9. The van der Waals surface area contributed by atoms with Crippen LogP contribution in [0, 0.1) is 0 Å². The monoisotopic (exact) mass is 376 g/mol. The van der Waals surface area contributed by atoms with E-state index in [9.17, 15) is 10.2 Å². The van der Waals surface area contributed by atoms with Crippen molar-refractivity contribution in [2.24, 2.45) is 9.98 Å². The van der Waals surface area contributed by atoms with Gasteiger partial charge >= 0.3 is 17.1 Å².